The first kappa shape index (κ1) is 15.2. The maximum atomic E-state index is 12.2. The zero-order valence-corrected chi connectivity index (χ0v) is 14.0. The monoisotopic (exact) mass is 284 g/mol. The van der Waals surface area contributed by atoms with Crippen molar-refractivity contribution in [2.75, 3.05) is 19.8 Å². The van der Waals surface area contributed by atoms with Crippen molar-refractivity contribution in [1.82, 2.24) is 0 Å². The highest BCUT2D eigenvalue weighted by atomic mass is 28.4. The van der Waals surface area contributed by atoms with E-state index in [9.17, 15) is 4.79 Å². The molecular formula is C15H28O3Si. The average Bonchev–Trinajstić information content (AvgIpc) is 2.60. The van der Waals surface area contributed by atoms with Gasteiger partial charge in [-0.15, -0.1) is 0 Å². The minimum atomic E-state index is -1.74. The van der Waals surface area contributed by atoms with Crippen LogP contribution >= 0.6 is 0 Å². The van der Waals surface area contributed by atoms with Crippen molar-refractivity contribution in [3.63, 3.8) is 0 Å². The summed E-state index contributed by atoms with van der Waals surface area (Å²) >= 11 is 0. The van der Waals surface area contributed by atoms with Crippen LogP contribution in [0.1, 0.15) is 33.6 Å². The number of fused-ring (bicyclic) bond motifs is 1. The van der Waals surface area contributed by atoms with Gasteiger partial charge in [0.05, 0.1) is 6.61 Å². The summed E-state index contributed by atoms with van der Waals surface area (Å²) in [5, 5.41) is 0.212. The van der Waals surface area contributed by atoms with E-state index >= 15 is 0 Å². The number of rotatable bonds is 3. The van der Waals surface area contributed by atoms with Crippen molar-refractivity contribution in [3.05, 3.63) is 0 Å². The molecule has 0 aromatic heterocycles. The normalized spacial score (nSPS) is 32.5. The molecule has 2 fully saturated rings. The Balaban J connectivity index is 1.97. The van der Waals surface area contributed by atoms with E-state index in [1.54, 1.807) is 0 Å². The largest absolute Gasteiger partial charge is 0.416 e. The Kier molecular flexibility index (Phi) is 4.24. The highest BCUT2D eigenvalue weighted by Gasteiger charge is 2.45. The lowest BCUT2D eigenvalue weighted by Crippen LogP contribution is -2.43. The number of carbonyl (C=O) groups is 1. The Hall–Kier alpha value is -0.193. The molecule has 0 amide bonds. The molecule has 2 rings (SSSR count). The van der Waals surface area contributed by atoms with Crippen LogP contribution in [0.3, 0.4) is 0 Å². The molecule has 1 saturated heterocycles. The summed E-state index contributed by atoms with van der Waals surface area (Å²) in [7, 11) is -1.74. The van der Waals surface area contributed by atoms with E-state index < -0.39 is 8.32 Å². The van der Waals surface area contributed by atoms with Gasteiger partial charge in [-0.05, 0) is 36.4 Å². The predicted octanol–water partition coefficient (Wildman–Crippen LogP) is 3.25. The molecule has 4 heteroatoms. The van der Waals surface area contributed by atoms with E-state index in [1.165, 1.54) is 0 Å². The van der Waals surface area contributed by atoms with Gasteiger partial charge >= 0.3 is 0 Å². The van der Waals surface area contributed by atoms with Crippen molar-refractivity contribution in [1.29, 1.82) is 0 Å². The number of Topliss-reactive ketones (excluding diaryl/α,β-unsaturated/α-hetero) is 1. The molecule has 1 saturated carbocycles. The number of hydrogen-bond acceptors (Lipinski definition) is 3. The molecular weight excluding hydrogens is 256 g/mol. The molecule has 1 aliphatic heterocycles. The second-order valence-electron chi connectivity index (χ2n) is 7.64. The fourth-order valence-electron chi connectivity index (χ4n) is 2.93. The zero-order chi connectivity index (χ0) is 14.3. The molecule has 2 aliphatic rings. The summed E-state index contributed by atoms with van der Waals surface area (Å²) in [5.74, 6) is 1.49. The van der Waals surface area contributed by atoms with Gasteiger partial charge in [-0.3, -0.25) is 4.79 Å². The minimum absolute atomic E-state index is 0.128. The molecule has 0 aromatic carbocycles. The first-order valence-corrected chi connectivity index (χ1v) is 10.4. The fourth-order valence-corrected chi connectivity index (χ4v) is 3.96. The SMILES string of the molecule is CC(C)(C)[Si](C)(C)OC[C@@H]1C(=O)C[C@H]2COCC[C@H]21. The highest BCUT2D eigenvalue weighted by molar-refractivity contribution is 6.74. The lowest BCUT2D eigenvalue weighted by Gasteiger charge is -2.38. The molecule has 0 aromatic rings. The van der Waals surface area contributed by atoms with Gasteiger partial charge in [0.25, 0.3) is 0 Å². The Labute approximate surface area is 118 Å². The third-order valence-electron chi connectivity index (χ3n) is 5.36. The van der Waals surface area contributed by atoms with E-state index in [2.05, 4.69) is 33.9 Å². The van der Waals surface area contributed by atoms with Crippen LogP contribution < -0.4 is 0 Å². The molecule has 0 bridgehead atoms. The molecule has 0 radical (unpaired) electrons. The maximum Gasteiger partial charge on any atom is 0.192 e. The Morgan fingerprint density at radius 3 is 2.68 bits per heavy atom. The molecule has 0 spiro atoms. The van der Waals surface area contributed by atoms with Crippen molar-refractivity contribution in [3.8, 4) is 0 Å². The summed E-state index contributed by atoms with van der Waals surface area (Å²) in [6.45, 7) is 13.5. The van der Waals surface area contributed by atoms with Crippen LogP contribution in [0.25, 0.3) is 0 Å². The van der Waals surface area contributed by atoms with Crippen LogP contribution in [0.4, 0.5) is 0 Å². The third-order valence-corrected chi connectivity index (χ3v) is 9.86. The molecule has 1 heterocycles. The molecule has 1 aliphatic carbocycles. The fraction of sp³-hybridized carbons (Fsp3) is 0.933. The van der Waals surface area contributed by atoms with Gasteiger partial charge in [0, 0.05) is 25.6 Å². The standard InChI is InChI=1S/C15H28O3Si/c1-15(2,3)19(4,5)18-10-13-12-6-7-17-9-11(12)8-14(13)16/h11-13H,6-10H2,1-5H3/t11-,12+,13-/m0/s1. The Bertz CT molecular complexity index is 346. The van der Waals surface area contributed by atoms with Crippen molar-refractivity contribution in [2.45, 2.75) is 51.7 Å². The number of ketones is 1. The first-order chi connectivity index (χ1) is 8.72. The van der Waals surface area contributed by atoms with Crippen LogP contribution in [-0.4, -0.2) is 33.9 Å². The Morgan fingerprint density at radius 1 is 1.37 bits per heavy atom. The predicted molar refractivity (Wildman–Crippen MR) is 78.7 cm³/mol. The summed E-state index contributed by atoms with van der Waals surface area (Å²) in [6, 6.07) is 0. The topological polar surface area (TPSA) is 35.5 Å². The van der Waals surface area contributed by atoms with Crippen LogP contribution in [0.2, 0.25) is 18.1 Å². The third kappa shape index (κ3) is 3.11. The van der Waals surface area contributed by atoms with E-state index in [-0.39, 0.29) is 11.0 Å². The molecule has 0 N–H and O–H groups in total. The lowest BCUT2D eigenvalue weighted by atomic mass is 9.86. The number of carbonyl (C=O) groups excluding carboxylic acids is 1. The number of ether oxygens (including phenoxy) is 1. The van der Waals surface area contributed by atoms with Crippen molar-refractivity contribution < 1.29 is 14.0 Å². The van der Waals surface area contributed by atoms with Gasteiger partial charge in [0.2, 0.25) is 0 Å². The van der Waals surface area contributed by atoms with E-state index in [4.69, 9.17) is 9.16 Å². The van der Waals surface area contributed by atoms with Gasteiger partial charge in [0.15, 0.2) is 8.32 Å². The number of hydrogen-bond donors (Lipinski definition) is 0. The second-order valence-corrected chi connectivity index (χ2v) is 12.4. The van der Waals surface area contributed by atoms with E-state index in [1.807, 2.05) is 0 Å². The molecule has 3 atom stereocenters. The average molecular weight is 284 g/mol. The maximum absolute atomic E-state index is 12.2. The van der Waals surface area contributed by atoms with E-state index in [0.717, 1.165) is 19.6 Å². The van der Waals surface area contributed by atoms with Crippen LogP contribution in [0.15, 0.2) is 0 Å². The summed E-state index contributed by atoms with van der Waals surface area (Å²) < 4.78 is 11.8. The highest BCUT2D eigenvalue weighted by Crippen LogP contribution is 2.42. The zero-order valence-electron chi connectivity index (χ0n) is 13.0. The molecule has 3 nitrogen and oxygen atoms in total. The van der Waals surface area contributed by atoms with Crippen LogP contribution in [-0.2, 0) is 14.0 Å². The van der Waals surface area contributed by atoms with Gasteiger partial charge in [-0.1, -0.05) is 20.8 Å². The smallest absolute Gasteiger partial charge is 0.192 e. The van der Waals surface area contributed by atoms with Crippen molar-refractivity contribution >= 4 is 14.1 Å². The van der Waals surface area contributed by atoms with Gasteiger partial charge in [-0.25, -0.2) is 0 Å². The summed E-state index contributed by atoms with van der Waals surface area (Å²) in [6.07, 6.45) is 1.73. The quantitative estimate of drug-likeness (QED) is 0.746. The lowest BCUT2D eigenvalue weighted by molar-refractivity contribution is -0.122. The molecule has 0 unspecified atom stereocenters. The molecule has 19 heavy (non-hydrogen) atoms. The van der Waals surface area contributed by atoms with Gasteiger partial charge < -0.3 is 9.16 Å². The second kappa shape index (κ2) is 5.30. The van der Waals surface area contributed by atoms with Gasteiger partial charge in [-0.2, -0.15) is 0 Å². The van der Waals surface area contributed by atoms with Crippen LogP contribution in [0.5, 0.6) is 0 Å². The van der Waals surface area contributed by atoms with Crippen molar-refractivity contribution in [2.24, 2.45) is 17.8 Å². The minimum Gasteiger partial charge on any atom is -0.416 e. The van der Waals surface area contributed by atoms with Crippen LogP contribution in [0, 0.1) is 17.8 Å². The summed E-state index contributed by atoms with van der Waals surface area (Å²) in [4.78, 5) is 12.2. The first-order valence-electron chi connectivity index (χ1n) is 7.47. The van der Waals surface area contributed by atoms with E-state index in [0.29, 0.717) is 30.6 Å². The Morgan fingerprint density at radius 2 is 2.05 bits per heavy atom. The van der Waals surface area contributed by atoms with Gasteiger partial charge in [0.1, 0.15) is 5.78 Å². The summed E-state index contributed by atoms with van der Waals surface area (Å²) in [5.41, 5.74) is 0. The molecule has 110 valence electrons.